The molecule has 0 saturated carbocycles. The smallest absolute Gasteiger partial charge is 0.0931 e. The third-order valence-electron chi connectivity index (χ3n) is 2.60. The molecule has 0 radical (unpaired) electrons. The zero-order valence-electron chi connectivity index (χ0n) is 9.79. The topological polar surface area (TPSA) is 3.24 Å². The van der Waals surface area contributed by atoms with Crippen molar-refractivity contribution in [2.45, 2.75) is 11.9 Å². The zero-order valence-corrected chi connectivity index (χ0v) is 14.5. The fourth-order valence-electron chi connectivity index (χ4n) is 1.70. The number of thiophene rings is 1. The summed E-state index contributed by atoms with van der Waals surface area (Å²) in [6, 6.07) is 10.4. The SMILES string of the molecule is CN(Cc1ccc(Cl)s1)c1ccc(CBr)cc1Br. The van der Waals surface area contributed by atoms with E-state index in [2.05, 4.69) is 68.1 Å². The van der Waals surface area contributed by atoms with Gasteiger partial charge in [0.15, 0.2) is 0 Å². The van der Waals surface area contributed by atoms with Gasteiger partial charge in [-0.15, -0.1) is 11.3 Å². The molecule has 0 N–H and O–H groups in total. The lowest BCUT2D eigenvalue weighted by Gasteiger charge is -2.20. The van der Waals surface area contributed by atoms with Gasteiger partial charge in [-0.25, -0.2) is 0 Å². The first kappa shape index (κ1) is 14.4. The number of anilines is 1. The molecule has 0 unspecified atom stereocenters. The van der Waals surface area contributed by atoms with Gasteiger partial charge in [0.2, 0.25) is 0 Å². The summed E-state index contributed by atoms with van der Waals surface area (Å²) in [5, 5.41) is 0.871. The Morgan fingerprint density at radius 3 is 2.61 bits per heavy atom. The van der Waals surface area contributed by atoms with Crippen LogP contribution in [0.1, 0.15) is 10.4 Å². The average Bonchev–Trinajstić information content (AvgIpc) is 2.74. The molecule has 0 amide bonds. The molecule has 0 atom stereocenters. The van der Waals surface area contributed by atoms with Crippen LogP contribution in [-0.4, -0.2) is 7.05 Å². The van der Waals surface area contributed by atoms with Crippen molar-refractivity contribution < 1.29 is 0 Å². The average molecular weight is 410 g/mol. The van der Waals surface area contributed by atoms with Crippen molar-refractivity contribution in [1.29, 1.82) is 0 Å². The summed E-state index contributed by atoms with van der Waals surface area (Å²) in [5.74, 6) is 0. The van der Waals surface area contributed by atoms with Crippen molar-refractivity contribution in [1.82, 2.24) is 0 Å². The predicted octanol–water partition coefficient (Wildman–Crippen LogP) is 5.70. The molecule has 0 saturated heterocycles. The molecule has 18 heavy (non-hydrogen) atoms. The van der Waals surface area contributed by atoms with E-state index in [1.807, 2.05) is 6.07 Å². The van der Waals surface area contributed by atoms with E-state index in [4.69, 9.17) is 11.6 Å². The van der Waals surface area contributed by atoms with E-state index in [0.717, 1.165) is 20.7 Å². The minimum atomic E-state index is 0.840. The van der Waals surface area contributed by atoms with Gasteiger partial charge in [-0.3, -0.25) is 0 Å². The largest absolute Gasteiger partial charge is 0.369 e. The third-order valence-corrected chi connectivity index (χ3v) is 5.10. The highest BCUT2D eigenvalue weighted by molar-refractivity contribution is 9.10. The summed E-state index contributed by atoms with van der Waals surface area (Å²) in [7, 11) is 2.08. The van der Waals surface area contributed by atoms with Crippen LogP contribution in [0.2, 0.25) is 4.34 Å². The van der Waals surface area contributed by atoms with Crippen LogP contribution in [0.15, 0.2) is 34.8 Å². The van der Waals surface area contributed by atoms with Crippen LogP contribution in [0.3, 0.4) is 0 Å². The maximum Gasteiger partial charge on any atom is 0.0931 e. The molecule has 2 rings (SSSR count). The molecule has 96 valence electrons. The lowest BCUT2D eigenvalue weighted by Crippen LogP contribution is -2.16. The van der Waals surface area contributed by atoms with Gasteiger partial charge in [0.05, 0.1) is 16.6 Å². The van der Waals surface area contributed by atoms with Gasteiger partial charge < -0.3 is 4.90 Å². The minimum absolute atomic E-state index is 0.840. The number of nitrogens with zero attached hydrogens (tertiary/aromatic N) is 1. The Bertz CT molecular complexity index is 542. The molecule has 1 aromatic carbocycles. The highest BCUT2D eigenvalue weighted by Gasteiger charge is 2.08. The van der Waals surface area contributed by atoms with E-state index in [9.17, 15) is 0 Å². The molecule has 1 aromatic heterocycles. The first-order chi connectivity index (χ1) is 8.60. The maximum absolute atomic E-state index is 5.95. The summed E-state index contributed by atoms with van der Waals surface area (Å²) >= 11 is 14.7. The Labute approximate surface area is 133 Å². The number of rotatable bonds is 4. The van der Waals surface area contributed by atoms with Gasteiger partial charge >= 0.3 is 0 Å². The molecule has 1 heterocycles. The third kappa shape index (κ3) is 3.50. The lowest BCUT2D eigenvalue weighted by molar-refractivity contribution is 0.936. The monoisotopic (exact) mass is 407 g/mol. The summed E-state index contributed by atoms with van der Waals surface area (Å²) in [4.78, 5) is 3.48. The van der Waals surface area contributed by atoms with Gasteiger partial charge in [0, 0.05) is 21.7 Å². The predicted molar refractivity (Wildman–Crippen MR) is 88.2 cm³/mol. The Morgan fingerprint density at radius 1 is 1.28 bits per heavy atom. The van der Waals surface area contributed by atoms with Crippen molar-refractivity contribution in [2.75, 3.05) is 11.9 Å². The number of halogens is 3. The molecule has 0 fully saturated rings. The van der Waals surface area contributed by atoms with E-state index in [1.165, 1.54) is 16.1 Å². The summed E-state index contributed by atoms with van der Waals surface area (Å²) in [6.45, 7) is 0.865. The molecule has 0 aliphatic heterocycles. The van der Waals surface area contributed by atoms with Crippen LogP contribution in [0.4, 0.5) is 5.69 Å². The molecule has 0 aliphatic rings. The summed E-state index contributed by atoms with van der Waals surface area (Å²) in [6.07, 6.45) is 0. The molecule has 2 aromatic rings. The Balaban J connectivity index is 2.15. The van der Waals surface area contributed by atoms with Gasteiger partial charge in [-0.1, -0.05) is 33.6 Å². The second-order valence-electron chi connectivity index (χ2n) is 3.98. The van der Waals surface area contributed by atoms with E-state index >= 15 is 0 Å². The van der Waals surface area contributed by atoms with Crippen molar-refractivity contribution in [2.24, 2.45) is 0 Å². The fourth-order valence-corrected chi connectivity index (χ4v) is 3.92. The fraction of sp³-hybridized carbons (Fsp3) is 0.231. The zero-order chi connectivity index (χ0) is 13.1. The van der Waals surface area contributed by atoms with Crippen LogP contribution in [0, 0.1) is 0 Å². The lowest BCUT2D eigenvalue weighted by atomic mass is 10.2. The molecule has 1 nitrogen and oxygen atoms in total. The van der Waals surface area contributed by atoms with Gasteiger partial charge in [0.25, 0.3) is 0 Å². The van der Waals surface area contributed by atoms with Crippen molar-refractivity contribution in [3.63, 3.8) is 0 Å². The highest BCUT2D eigenvalue weighted by Crippen LogP contribution is 2.30. The van der Waals surface area contributed by atoms with Gasteiger partial charge in [-0.2, -0.15) is 0 Å². The number of hydrogen-bond acceptors (Lipinski definition) is 2. The molecular formula is C13H12Br2ClNS. The second-order valence-corrected chi connectivity index (χ2v) is 7.20. The molecule has 5 heteroatoms. The van der Waals surface area contributed by atoms with E-state index in [0.29, 0.717) is 0 Å². The van der Waals surface area contributed by atoms with Crippen LogP contribution in [-0.2, 0) is 11.9 Å². The quantitative estimate of drug-likeness (QED) is 0.586. The van der Waals surface area contributed by atoms with E-state index in [-0.39, 0.29) is 0 Å². The molecule has 0 bridgehead atoms. The highest BCUT2D eigenvalue weighted by atomic mass is 79.9. The normalized spacial score (nSPS) is 10.7. The first-order valence-electron chi connectivity index (χ1n) is 5.40. The molecule has 0 spiro atoms. The minimum Gasteiger partial charge on any atom is -0.369 e. The van der Waals surface area contributed by atoms with Crippen LogP contribution >= 0.6 is 54.8 Å². The number of hydrogen-bond donors (Lipinski definition) is 0. The molecule has 0 aliphatic carbocycles. The maximum atomic E-state index is 5.95. The van der Waals surface area contributed by atoms with Crippen molar-refractivity contribution in [3.8, 4) is 0 Å². The Morgan fingerprint density at radius 2 is 2.06 bits per heavy atom. The van der Waals surface area contributed by atoms with Gasteiger partial charge in [-0.05, 0) is 45.8 Å². The molecular weight excluding hydrogens is 397 g/mol. The van der Waals surface area contributed by atoms with E-state index < -0.39 is 0 Å². The van der Waals surface area contributed by atoms with E-state index in [1.54, 1.807) is 11.3 Å². The standard InChI is InChI=1S/C13H12Br2ClNS/c1-17(8-10-3-5-13(16)18-10)12-4-2-9(7-14)6-11(12)15/h2-6H,7-8H2,1H3. The van der Waals surface area contributed by atoms with Crippen LogP contribution < -0.4 is 4.90 Å². The summed E-state index contributed by atoms with van der Waals surface area (Å²) < 4.78 is 1.96. The first-order valence-corrected chi connectivity index (χ1v) is 8.51. The number of alkyl halides is 1. The van der Waals surface area contributed by atoms with Crippen molar-refractivity contribution >= 4 is 60.5 Å². The van der Waals surface area contributed by atoms with Crippen LogP contribution in [0.5, 0.6) is 0 Å². The van der Waals surface area contributed by atoms with Crippen LogP contribution in [0.25, 0.3) is 0 Å². The Hall–Kier alpha value is -0.0300. The second kappa shape index (κ2) is 6.42. The van der Waals surface area contributed by atoms with Crippen molar-refractivity contribution in [3.05, 3.63) is 49.6 Å². The Kier molecular flexibility index (Phi) is 5.13. The van der Waals surface area contributed by atoms with Gasteiger partial charge in [0.1, 0.15) is 0 Å². The summed E-state index contributed by atoms with van der Waals surface area (Å²) in [5.41, 5.74) is 2.45. The number of benzene rings is 1.